The molecule has 0 unspecified atom stereocenters. The normalized spacial score (nSPS) is 13.8. The van der Waals surface area contributed by atoms with Gasteiger partial charge >= 0.3 is 0 Å². The van der Waals surface area contributed by atoms with Crippen molar-refractivity contribution in [2.24, 2.45) is 0 Å². The van der Waals surface area contributed by atoms with E-state index in [0.29, 0.717) is 32.7 Å². The summed E-state index contributed by atoms with van der Waals surface area (Å²) in [5, 5.41) is 20.7. The smallest absolute Gasteiger partial charge is 0.271 e. The first-order valence-corrected chi connectivity index (χ1v) is 14.4. The summed E-state index contributed by atoms with van der Waals surface area (Å²) in [5.41, 5.74) is 0.511. The molecule has 0 bridgehead atoms. The van der Waals surface area contributed by atoms with Crippen LogP contribution < -0.4 is 15.0 Å². The van der Waals surface area contributed by atoms with Crippen LogP contribution in [0.3, 0.4) is 0 Å². The predicted octanol–water partition coefficient (Wildman–Crippen LogP) is 5.00. The lowest BCUT2D eigenvalue weighted by molar-refractivity contribution is -0.122. The maximum atomic E-state index is 13.3. The number of amides is 1. The van der Waals surface area contributed by atoms with Crippen LogP contribution in [0.5, 0.6) is 17.4 Å². The molecule has 43 heavy (non-hydrogen) atoms. The van der Waals surface area contributed by atoms with Crippen molar-refractivity contribution in [3.05, 3.63) is 91.4 Å². The highest BCUT2D eigenvalue weighted by Crippen LogP contribution is 2.33. The van der Waals surface area contributed by atoms with Gasteiger partial charge in [-0.15, -0.1) is 0 Å². The van der Waals surface area contributed by atoms with E-state index in [0.717, 1.165) is 21.9 Å². The third kappa shape index (κ3) is 6.79. The Morgan fingerprint density at radius 1 is 1.12 bits per heavy atom. The second kappa shape index (κ2) is 13.7. The molecule has 1 aromatic heterocycles. The number of carbonyl (C=O) groups excluding carboxylic acids is 2. The third-order valence-corrected chi connectivity index (χ3v) is 8.36. The molecule has 1 aliphatic rings. The highest BCUT2D eigenvalue weighted by atomic mass is 32.2. The number of nitriles is 1. The molecule has 0 saturated carbocycles. The van der Waals surface area contributed by atoms with E-state index in [4.69, 9.17) is 21.7 Å². The van der Waals surface area contributed by atoms with Crippen LogP contribution >= 0.6 is 24.0 Å². The monoisotopic (exact) mass is 621 g/mol. The lowest BCUT2D eigenvalue weighted by Gasteiger charge is -2.17. The van der Waals surface area contributed by atoms with Crippen LogP contribution in [0.2, 0.25) is 0 Å². The topological polar surface area (TPSA) is 122 Å². The zero-order valence-electron chi connectivity index (χ0n) is 23.7. The number of benzene rings is 2. The molecule has 1 aliphatic heterocycles. The lowest BCUT2D eigenvalue weighted by Crippen LogP contribution is -2.30. The minimum absolute atomic E-state index is 0.00628. The zero-order valence-corrected chi connectivity index (χ0v) is 25.3. The molecular weight excluding hydrogens is 593 g/mol. The molecule has 1 amide bonds. The molecule has 0 spiro atoms. The van der Waals surface area contributed by atoms with Crippen molar-refractivity contribution < 1.29 is 28.6 Å². The molecular formula is C31H28FN3O6S2. The number of Topliss-reactive ketones (excluding diaryl/α,β-unsaturated/α-hetero) is 1. The van der Waals surface area contributed by atoms with Crippen LogP contribution in [0.25, 0.3) is 6.08 Å². The molecule has 3 aromatic rings. The Hall–Kier alpha value is -4.47. The van der Waals surface area contributed by atoms with Crippen LogP contribution in [0.1, 0.15) is 45.5 Å². The molecule has 2 heterocycles. The van der Waals surface area contributed by atoms with E-state index in [2.05, 4.69) is 0 Å². The number of ether oxygens (including phenoxy) is 2. The van der Waals surface area contributed by atoms with E-state index in [-0.39, 0.29) is 54.3 Å². The Morgan fingerprint density at radius 2 is 1.81 bits per heavy atom. The Kier molecular flexibility index (Phi) is 10.0. The van der Waals surface area contributed by atoms with Crippen LogP contribution in [-0.4, -0.2) is 51.3 Å². The molecule has 2 aromatic carbocycles. The molecule has 222 valence electrons. The van der Waals surface area contributed by atoms with Gasteiger partial charge in [-0.25, -0.2) is 4.39 Å². The number of nitrogens with zero attached hydrogens (tertiary/aromatic N) is 3. The summed E-state index contributed by atoms with van der Waals surface area (Å²) in [6.07, 6.45) is 2.08. The van der Waals surface area contributed by atoms with E-state index in [1.54, 1.807) is 36.4 Å². The fourth-order valence-electron chi connectivity index (χ4n) is 4.70. The number of aromatic hydroxyl groups is 1. The summed E-state index contributed by atoms with van der Waals surface area (Å²) in [7, 11) is 3.02. The van der Waals surface area contributed by atoms with Crippen molar-refractivity contribution in [1.29, 1.82) is 5.26 Å². The van der Waals surface area contributed by atoms with Gasteiger partial charge in [-0.1, -0.05) is 42.2 Å². The number of hydrogen-bond acceptors (Lipinski definition) is 9. The van der Waals surface area contributed by atoms with E-state index in [1.165, 1.54) is 38.2 Å². The van der Waals surface area contributed by atoms with E-state index in [1.807, 2.05) is 6.07 Å². The lowest BCUT2D eigenvalue weighted by atomic mass is 9.99. The Labute approximate surface area is 257 Å². The standard InChI is InChI=1S/C31H28FN3O6S2/c1-18-22(17-33)28(37)34(14-12-20-8-11-24(40-2)25(15-20)41-3)30(39)27(18)23(36)5-4-13-35-29(38)26(43-31(35)42)16-19-6-9-21(32)10-7-19/h6-11,15-16,39H,4-5,12-14H2,1-3H3/b26-16-. The van der Waals surface area contributed by atoms with E-state index < -0.39 is 17.2 Å². The molecule has 12 heteroatoms. The number of hydrogen-bond donors (Lipinski definition) is 1. The minimum atomic E-state index is -0.694. The second-order valence-corrected chi connectivity index (χ2v) is 11.3. The summed E-state index contributed by atoms with van der Waals surface area (Å²) in [6.45, 7) is 1.61. The van der Waals surface area contributed by atoms with Crippen molar-refractivity contribution in [2.45, 2.75) is 32.7 Å². The van der Waals surface area contributed by atoms with Crippen molar-refractivity contribution in [2.75, 3.05) is 20.8 Å². The van der Waals surface area contributed by atoms with Gasteiger partial charge in [0, 0.05) is 19.5 Å². The maximum Gasteiger partial charge on any atom is 0.271 e. The number of methoxy groups -OCH3 is 2. The fourth-order valence-corrected chi connectivity index (χ4v) is 6.00. The first-order chi connectivity index (χ1) is 20.6. The quantitative estimate of drug-likeness (QED) is 0.179. The number of rotatable bonds is 11. The van der Waals surface area contributed by atoms with Gasteiger partial charge in [0.2, 0.25) is 5.88 Å². The summed E-state index contributed by atoms with van der Waals surface area (Å²) < 4.78 is 25.1. The number of thioether (sulfide) groups is 1. The number of pyridine rings is 1. The highest BCUT2D eigenvalue weighted by molar-refractivity contribution is 8.26. The van der Waals surface area contributed by atoms with Gasteiger partial charge in [0.05, 0.1) is 24.7 Å². The zero-order chi connectivity index (χ0) is 31.3. The first-order valence-electron chi connectivity index (χ1n) is 13.2. The van der Waals surface area contributed by atoms with Crippen LogP contribution in [0.15, 0.2) is 52.2 Å². The Balaban J connectivity index is 1.48. The number of thiocarbonyl (C=S) groups is 1. The molecule has 1 saturated heterocycles. The first kappa shape index (κ1) is 31.5. The molecule has 1 N–H and O–H groups in total. The number of carbonyl (C=O) groups is 2. The Bertz CT molecular complexity index is 1730. The van der Waals surface area contributed by atoms with Crippen LogP contribution in [0.4, 0.5) is 4.39 Å². The summed E-state index contributed by atoms with van der Waals surface area (Å²) in [6, 6.07) is 12.8. The van der Waals surface area contributed by atoms with Gasteiger partial charge in [0.1, 0.15) is 21.8 Å². The van der Waals surface area contributed by atoms with Crippen molar-refractivity contribution in [3.8, 4) is 23.4 Å². The molecule has 1 fully saturated rings. The van der Waals surface area contributed by atoms with Gasteiger partial charge < -0.3 is 14.6 Å². The van der Waals surface area contributed by atoms with Crippen LogP contribution in [0, 0.1) is 24.1 Å². The van der Waals surface area contributed by atoms with E-state index in [9.17, 15) is 29.1 Å². The van der Waals surface area contributed by atoms with Gasteiger partial charge in [-0.3, -0.25) is 23.9 Å². The number of aryl methyl sites for hydroxylation is 1. The molecule has 0 radical (unpaired) electrons. The second-order valence-electron chi connectivity index (χ2n) is 9.62. The van der Waals surface area contributed by atoms with Gasteiger partial charge in [0.25, 0.3) is 11.5 Å². The molecule has 0 aliphatic carbocycles. The fraction of sp³-hybridized carbons (Fsp3) is 0.258. The number of halogens is 1. The largest absolute Gasteiger partial charge is 0.494 e. The SMILES string of the molecule is COc1ccc(CCn2c(O)c(C(=O)CCCN3C(=O)/C(=C/c4ccc(F)cc4)SC3=S)c(C)c(C#N)c2=O)cc1OC. The van der Waals surface area contributed by atoms with Gasteiger partial charge in [-0.05, 0) is 66.8 Å². The van der Waals surface area contributed by atoms with Crippen molar-refractivity contribution in [3.63, 3.8) is 0 Å². The van der Waals surface area contributed by atoms with Gasteiger partial charge in [-0.2, -0.15) is 5.26 Å². The van der Waals surface area contributed by atoms with Crippen molar-refractivity contribution >= 4 is 46.1 Å². The Morgan fingerprint density at radius 3 is 2.47 bits per heavy atom. The summed E-state index contributed by atoms with van der Waals surface area (Å²) in [4.78, 5) is 41.1. The number of ketones is 1. The van der Waals surface area contributed by atoms with E-state index >= 15 is 0 Å². The highest BCUT2D eigenvalue weighted by Gasteiger charge is 2.32. The maximum absolute atomic E-state index is 13.3. The molecule has 4 rings (SSSR count). The minimum Gasteiger partial charge on any atom is -0.494 e. The average molecular weight is 622 g/mol. The summed E-state index contributed by atoms with van der Waals surface area (Å²) >= 11 is 6.48. The van der Waals surface area contributed by atoms with Gasteiger partial charge in [0.15, 0.2) is 17.3 Å². The number of aromatic nitrogens is 1. The predicted molar refractivity (Wildman–Crippen MR) is 165 cm³/mol. The van der Waals surface area contributed by atoms with Crippen molar-refractivity contribution in [1.82, 2.24) is 9.47 Å². The average Bonchev–Trinajstić information content (AvgIpc) is 3.25. The van der Waals surface area contributed by atoms with Crippen LogP contribution in [-0.2, 0) is 17.8 Å². The molecule has 0 atom stereocenters. The summed E-state index contributed by atoms with van der Waals surface area (Å²) in [5.74, 6) is -0.650. The third-order valence-electron chi connectivity index (χ3n) is 6.98. The molecule has 9 nitrogen and oxygen atoms in total.